The zero-order valence-electron chi connectivity index (χ0n) is 16.7. The average Bonchev–Trinajstić information content (AvgIpc) is 2.85. The van der Waals surface area contributed by atoms with E-state index < -0.39 is 11.6 Å². The monoisotopic (exact) mass is 380 g/mol. The Bertz CT molecular complexity index is 943. The van der Waals surface area contributed by atoms with Gasteiger partial charge < -0.3 is 15.5 Å². The third-order valence-electron chi connectivity index (χ3n) is 4.46. The zero-order chi connectivity index (χ0) is 20.6. The van der Waals surface area contributed by atoms with E-state index in [1.54, 1.807) is 24.3 Å². The molecule has 1 aliphatic heterocycles. The van der Waals surface area contributed by atoms with E-state index in [-0.39, 0.29) is 11.8 Å². The van der Waals surface area contributed by atoms with E-state index >= 15 is 0 Å². The van der Waals surface area contributed by atoms with Crippen molar-refractivity contribution in [3.63, 3.8) is 0 Å². The molecule has 7 heteroatoms. The summed E-state index contributed by atoms with van der Waals surface area (Å²) in [5.74, 6) is -0.666. The van der Waals surface area contributed by atoms with Gasteiger partial charge in [-0.25, -0.2) is 4.79 Å². The summed E-state index contributed by atoms with van der Waals surface area (Å²) in [5, 5.41) is 5.45. The van der Waals surface area contributed by atoms with Gasteiger partial charge in [-0.1, -0.05) is 0 Å². The topological polar surface area (TPSA) is 81.8 Å². The number of urea groups is 1. The van der Waals surface area contributed by atoms with Crippen molar-refractivity contribution in [2.45, 2.75) is 26.3 Å². The number of nitrogens with zero attached hydrogens (tertiary/aromatic N) is 2. The van der Waals surface area contributed by atoms with Gasteiger partial charge in [0.05, 0.1) is 11.1 Å². The molecule has 2 aromatic carbocycles. The quantitative estimate of drug-likeness (QED) is 0.794. The first kappa shape index (κ1) is 19.4. The Kier molecular flexibility index (Phi) is 4.85. The molecular weight excluding hydrogens is 356 g/mol. The molecule has 2 N–H and O–H groups in total. The lowest BCUT2D eigenvalue weighted by Gasteiger charge is -2.29. The van der Waals surface area contributed by atoms with Gasteiger partial charge in [0, 0.05) is 36.7 Å². The van der Waals surface area contributed by atoms with Crippen molar-refractivity contribution in [3.8, 4) is 0 Å². The highest BCUT2D eigenvalue weighted by atomic mass is 16.2. The van der Waals surface area contributed by atoms with Crippen LogP contribution in [0.1, 0.15) is 41.5 Å². The molecule has 0 unspecified atom stereocenters. The van der Waals surface area contributed by atoms with Crippen LogP contribution in [-0.4, -0.2) is 42.4 Å². The molecule has 0 atom stereocenters. The predicted octanol–water partition coefficient (Wildman–Crippen LogP) is 3.79. The van der Waals surface area contributed by atoms with E-state index in [0.717, 1.165) is 5.69 Å². The lowest BCUT2D eigenvalue weighted by atomic mass is 10.1. The highest BCUT2D eigenvalue weighted by Gasteiger charge is 2.41. The summed E-state index contributed by atoms with van der Waals surface area (Å²) in [6.45, 7) is 5.43. The smallest absolute Gasteiger partial charge is 0.323 e. The minimum atomic E-state index is -0.614. The van der Waals surface area contributed by atoms with Crippen LogP contribution in [0, 0.1) is 0 Å². The molecule has 0 saturated heterocycles. The first-order valence-electron chi connectivity index (χ1n) is 8.96. The van der Waals surface area contributed by atoms with Crippen molar-refractivity contribution < 1.29 is 14.4 Å². The third kappa shape index (κ3) is 3.69. The molecule has 7 nitrogen and oxygen atoms in total. The summed E-state index contributed by atoms with van der Waals surface area (Å²) < 4.78 is 0. The van der Waals surface area contributed by atoms with Crippen molar-refractivity contribution in [1.29, 1.82) is 0 Å². The van der Waals surface area contributed by atoms with E-state index in [1.165, 1.54) is 11.0 Å². The number of carbonyl (C=O) groups is 3. The molecule has 2 aromatic rings. The summed E-state index contributed by atoms with van der Waals surface area (Å²) >= 11 is 0. The Morgan fingerprint density at radius 2 is 1.39 bits per heavy atom. The van der Waals surface area contributed by atoms with Gasteiger partial charge in [0.2, 0.25) is 0 Å². The van der Waals surface area contributed by atoms with Gasteiger partial charge >= 0.3 is 6.03 Å². The molecule has 3 rings (SSSR count). The van der Waals surface area contributed by atoms with Crippen LogP contribution in [0.15, 0.2) is 42.5 Å². The first-order valence-corrected chi connectivity index (χ1v) is 8.96. The van der Waals surface area contributed by atoms with Crippen LogP contribution in [0.5, 0.6) is 0 Å². The minimum absolute atomic E-state index is 0.299. The summed E-state index contributed by atoms with van der Waals surface area (Å²) in [4.78, 5) is 40.6. The lowest BCUT2D eigenvalue weighted by Crippen LogP contribution is -2.45. The maximum absolute atomic E-state index is 12.6. The number of benzene rings is 2. The molecule has 146 valence electrons. The Labute approximate surface area is 164 Å². The van der Waals surface area contributed by atoms with Gasteiger partial charge in [-0.05, 0) is 63.2 Å². The van der Waals surface area contributed by atoms with Crippen LogP contribution in [0.2, 0.25) is 0 Å². The zero-order valence-corrected chi connectivity index (χ0v) is 16.7. The van der Waals surface area contributed by atoms with Gasteiger partial charge in [0.15, 0.2) is 0 Å². The molecule has 4 amide bonds. The Morgan fingerprint density at radius 3 is 1.96 bits per heavy atom. The molecule has 0 spiro atoms. The fourth-order valence-corrected chi connectivity index (χ4v) is 3.06. The Hall–Kier alpha value is -3.35. The van der Waals surface area contributed by atoms with E-state index in [9.17, 15) is 14.4 Å². The van der Waals surface area contributed by atoms with Crippen LogP contribution >= 0.6 is 0 Å². The van der Waals surface area contributed by atoms with Gasteiger partial charge in [0.25, 0.3) is 11.8 Å². The standard InChI is InChI=1S/C21H24N4O3/c1-21(2,3)25-18(26)16-11-8-14(12-17(16)19(25)27)23-20(28)22-13-6-9-15(10-7-13)24(4)5/h6-12H,1-5H3,(H2,22,23,28). The van der Waals surface area contributed by atoms with Gasteiger partial charge in [-0.3, -0.25) is 14.5 Å². The maximum atomic E-state index is 12.6. The van der Waals surface area contributed by atoms with Crippen molar-refractivity contribution >= 4 is 34.9 Å². The number of amides is 4. The molecule has 28 heavy (non-hydrogen) atoms. The molecule has 0 aromatic heterocycles. The van der Waals surface area contributed by atoms with Crippen LogP contribution in [0.25, 0.3) is 0 Å². The molecular formula is C21H24N4O3. The second-order valence-corrected chi connectivity index (χ2v) is 7.90. The largest absolute Gasteiger partial charge is 0.378 e. The number of imide groups is 1. The molecule has 0 fully saturated rings. The Morgan fingerprint density at radius 1 is 0.857 bits per heavy atom. The number of nitrogens with one attached hydrogen (secondary N) is 2. The number of rotatable bonds is 3. The number of hydrogen-bond acceptors (Lipinski definition) is 4. The molecule has 1 aliphatic rings. The van der Waals surface area contributed by atoms with E-state index in [2.05, 4.69) is 10.6 Å². The number of fused-ring (bicyclic) bond motifs is 1. The van der Waals surface area contributed by atoms with Gasteiger partial charge in [-0.15, -0.1) is 0 Å². The van der Waals surface area contributed by atoms with Gasteiger partial charge in [-0.2, -0.15) is 0 Å². The molecule has 0 radical (unpaired) electrons. The third-order valence-corrected chi connectivity index (χ3v) is 4.46. The SMILES string of the molecule is CN(C)c1ccc(NC(=O)Nc2ccc3c(c2)C(=O)N(C(C)(C)C)C3=O)cc1. The summed E-state index contributed by atoms with van der Waals surface area (Å²) in [5.41, 5.74) is 2.15. The fraction of sp³-hybridized carbons (Fsp3) is 0.286. The molecule has 0 bridgehead atoms. The fourth-order valence-electron chi connectivity index (χ4n) is 3.06. The predicted molar refractivity (Wildman–Crippen MR) is 110 cm³/mol. The minimum Gasteiger partial charge on any atom is -0.378 e. The normalized spacial score (nSPS) is 13.4. The van der Waals surface area contributed by atoms with Crippen molar-refractivity contribution in [2.75, 3.05) is 29.6 Å². The summed E-state index contributed by atoms with van der Waals surface area (Å²) in [6, 6.07) is 11.7. The van der Waals surface area contributed by atoms with E-state index in [0.29, 0.717) is 22.5 Å². The summed E-state index contributed by atoms with van der Waals surface area (Å²) in [7, 11) is 3.88. The van der Waals surface area contributed by atoms with E-state index in [1.807, 2.05) is 51.9 Å². The number of anilines is 3. The highest BCUT2D eigenvalue weighted by Crippen LogP contribution is 2.31. The first-order chi connectivity index (χ1) is 13.1. The second-order valence-electron chi connectivity index (χ2n) is 7.90. The lowest BCUT2D eigenvalue weighted by molar-refractivity contribution is 0.0507. The maximum Gasteiger partial charge on any atom is 0.323 e. The van der Waals surface area contributed by atoms with Crippen molar-refractivity contribution in [3.05, 3.63) is 53.6 Å². The highest BCUT2D eigenvalue weighted by molar-refractivity contribution is 6.22. The van der Waals surface area contributed by atoms with Crippen molar-refractivity contribution in [2.24, 2.45) is 0 Å². The molecule has 0 aliphatic carbocycles. The average molecular weight is 380 g/mol. The molecule has 1 heterocycles. The van der Waals surface area contributed by atoms with Crippen LogP contribution in [-0.2, 0) is 0 Å². The molecule has 0 saturated carbocycles. The van der Waals surface area contributed by atoms with Crippen molar-refractivity contribution in [1.82, 2.24) is 4.90 Å². The van der Waals surface area contributed by atoms with E-state index in [4.69, 9.17) is 0 Å². The van der Waals surface area contributed by atoms with Crippen LogP contribution in [0.4, 0.5) is 21.9 Å². The summed E-state index contributed by atoms with van der Waals surface area (Å²) in [6.07, 6.45) is 0. The second kappa shape index (κ2) is 6.99. The number of carbonyl (C=O) groups excluding carboxylic acids is 3. The number of hydrogen-bond donors (Lipinski definition) is 2. The van der Waals surface area contributed by atoms with Gasteiger partial charge in [0.1, 0.15) is 0 Å². The van der Waals surface area contributed by atoms with Crippen LogP contribution < -0.4 is 15.5 Å². The Balaban J connectivity index is 1.73. The van der Waals surface area contributed by atoms with Crippen LogP contribution in [0.3, 0.4) is 0 Å².